The number of rotatable bonds is 7. The third kappa shape index (κ3) is 4.82. The molecule has 1 atom stereocenters. The second kappa shape index (κ2) is 8.15. The normalized spacial score (nSPS) is 12.4. The Morgan fingerprint density at radius 3 is 2.52 bits per heavy atom. The first-order valence-corrected chi connectivity index (χ1v) is 8.82. The smallest absolute Gasteiger partial charge is 0.233 e. The standard InChI is InChI=1S/C17H24N4OS/c1-5-21-15(11-14-9-7-6-8-10-14)19-20-17(21)23-13(4)16(22)18-12(2)3/h6-10,12-13H,5,11H2,1-4H3,(H,18,22). The average molecular weight is 332 g/mol. The van der Waals surface area contributed by atoms with Crippen molar-refractivity contribution in [3.05, 3.63) is 41.7 Å². The molecule has 1 unspecified atom stereocenters. The molecule has 1 aromatic heterocycles. The fourth-order valence-corrected chi connectivity index (χ4v) is 3.19. The topological polar surface area (TPSA) is 59.8 Å². The van der Waals surface area contributed by atoms with Crippen molar-refractivity contribution in [3.8, 4) is 0 Å². The number of carbonyl (C=O) groups is 1. The van der Waals surface area contributed by atoms with Crippen molar-refractivity contribution >= 4 is 17.7 Å². The van der Waals surface area contributed by atoms with Crippen molar-refractivity contribution in [2.24, 2.45) is 0 Å². The van der Waals surface area contributed by atoms with Gasteiger partial charge in [-0.3, -0.25) is 4.79 Å². The van der Waals surface area contributed by atoms with Gasteiger partial charge < -0.3 is 9.88 Å². The lowest BCUT2D eigenvalue weighted by Crippen LogP contribution is -2.36. The molecular formula is C17H24N4OS. The zero-order valence-corrected chi connectivity index (χ0v) is 14.9. The second-order valence-electron chi connectivity index (χ2n) is 5.73. The molecule has 0 radical (unpaired) electrons. The lowest BCUT2D eigenvalue weighted by Gasteiger charge is -2.14. The number of nitrogens with zero attached hydrogens (tertiary/aromatic N) is 3. The molecule has 0 saturated carbocycles. The fourth-order valence-electron chi connectivity index (χ4n) is 2.25. The number of amides is 1. The molecule has 1 aromatic carbocycles. The lowest BCUT2D eigenvalue weighted by molar-refractivity contribution is -0.120. The van der Waals surface area contributed by atoms with Gasteiger partial charge in [-0.15, -0.1) is 10.2 Å². The monoisotopic (exact) mass is 332 g/mol. The summed E-state index contributed by atoms with van der Waals surface area (Å²) in [5.41, 5.74) is 1.21. The molecule has 5 nitrogen and oxygen atoms in total. The van der Waals surface area contributed by atoms with Gasteiger partial charge in [0.25, 0.3) is 0 Å². The third-order valence-corrected chi connectivity index (χ3v) is 4.48. The molecule has 1 N–H and O–H groups in total. The molecule has 0 fully saturated rings. The van der Waals surface area contributed by atoms with Crippen molar-refractivity contribution in [1.82, 2.24) is 20.1 Å². The lowest BCUT2D eigenvalue weighted by atomic mass is 10.1. The van der Waals surface area contributed by atoms with Crippen LogP contribution in [-0.2, 0) is 17.8 Å². The molecule has 0 bridgehead atoms. The Morgan fingerprint density at radius 2 is 1.91 bits per heavy atom. The largest absolute Gasteiger partial charge is 0.353 e. The van der Waals surface area contributed by atoms with E-state index in [9.17, 15) is 4.79 Å². The van der Waals surface area contributed by atoms with Crippen LogP contribution in [0.3, 0.4) is 0 Å². The van der Waals surface area contributed by atoms with Crippen LogP contribution in [0.15, 0.2) is 35.5 Å². The molecule has 0 saturated heterocycles. The van der Waals surface area contributed by atoms with Gasteiger partial charge in [0.1, 0.15) is 5.82 Å². The van der Waals surface area contributed by atoms with Crippen molar-refractivity contribution in [2.75, 3.05) is 0 Å². The molecule has 0 aliphatic rings. The van der Waals surface area contributed by atoms with Gasteiger partial charge in [-0.1, -0.05) is 42.1 Å². The van der Waals surface area contributed by atoms with Crippen LogP contribution in [0.1, 0.15) is 39.1 Å². The molecule has 0 aliphatic heterocycles. The first kappa shape index (κ1) is 17.5. The number of hydrogen-bond acceptors (Lipinski definition) is 4. The van der Waals surface area contributed by atoms with Gasteiger partial charge in [-0.2, -0.15) is 0 Å². The number of aromatic nitrogens is 3. The van der Waals surface area contributed by atoms with E-state index in [0.717, 1.165) is 23.9 Å². The summed E-state index contributed by atoms with van der Waals surface area (Å²) in [7, 11) is 0. The summed E-state index contributed by atoms with van der Waals surface area (Å²) in [5.74, 6) is 0.956. The van der Waals surface area contributed by atoms with Gasteiger partial charge in [0.15, 0.2) is 5.16 Å². The van der Waals surface area contributed by atoms with Crippen LogP contribution in [0.5, 0.6) is 0 Å². The van der Waals surface area contributed by atoms with Gasteiger partial charge in [0.05, 0.1) is 5.25 Å². The molecule has 1 heterocycles. The highest BCUT2D eigenvalue weighted by Crippen LogP contribution is 2.23. The van der Waals surface area contributed by atoms with Gasteiger partial charge >= 0.3 is 0 Å². The predicted molar refractivity (Wildman–Crippen MR) is 93.5 cm³/mol. The van der Waals surface area contributed by atoms with Crippen LogP contribution in [0, 0.1) is 0 Å². The number of thioether (sulfide) groups is 1. The molecule has 0 spiro atoms. The first-order valence-electron chi connectivity index (χ1n) is 7.94. The van der Waals surface area contributed by atoms with Gasteiger partial charge in [-0.25, -0.2) is 0 Å². The minimum atomic E-state index is -0.198. The number of nitrogens with one attached hydrogen (secondary N) is 1. The molecule has 124 valence electrons. The molecular weight excluding hydrogens is 308 g/mol. The van der Waals surface area contributed by atoms with Crippen LogP contribution in [0.4, 0.5) is 0 Å². The van der Waals surface area contributed by atoms with Gasteiger partial charge in [-0.05, 0) is 33.3 Å². The predicted octanol–water partition coefficient (Wildman–Crippen LogP) is 2.89. The summed E-state index contributed by atoms with van der Waals surface area (Å²) in [5, 5.41) is 12.1. The van der Waals surface area contributed by atoms with Crippen LogP contribution >= 0.6 is 11.8 Å². The summed E-state index contributed by atoms with van der Waals surface area (Å²) in [4.78, 5) is 12.1. The van der Waals surface area contributed by atoms with E-state index in [-0.39, 0.29) is 17.2 Å². The maximum Gasteiger partial charge on any atom is 0.233 e. The SMILES string of the molecule is CCn1c(Cc2ccccc2)nnc1SC(C)C(=O)NC(C)C. The van der Waals surface area contributed by atoms with Crippen LogP contribution in [-0.4, -0.2) is 32.0 Å². The van der Waals surface area contributed by atoms with Gasteiger partial charge in [0.2, 0.25) is 5.91 Å². The van der Waals surface area contributed by atoms with E-state index in [2.05, 4.69) is 39.1 Å². The molecule has 1 amide bonds. The molecule has 23 heavy (non-hydrogen) atoms. The Morgan fingerprint density at radius 1 is 1.22 bits per heavy atom. The van der Waals surface area contributed by atoms with E-state index >= 15 is 0 Å². The maximum absolute atomic E-state index is 12.1. The van der Waals surface area contributed by atoms with Crippen LogP contribution in [0.25, 0.3) is 0 Å². The van der Waals surface area contributed by atoms with Crippen LogP contribution in [0.2, 0.25) is 0 Å². The summed E-state index contributed by atoms with van der Waals surface area (Å²) >= 11 is 1.45. The molecule has 6 heteroatoms. The first-order chi connectivity index (χ1) is 11.0. The summed E-state index contributed by atoms with van der Waals surface area (Å²) in [6.45, 7) is 8.67. The number of carbonyl (C=O) groups excluding carboxylic acids is 1. The van der Waals surface area contributed by atoms with E-state index in [1.165, 1.54) is 17.3 Å². The minimum Gasteiger partial charge on any atom is -0.353 e. The maximum atomic E-state index is 12.1. The van der Waals surface area contributed by atoms with E-state index in [1.54, 1.807) is 0 Å². The zero-order chi connectivity index (χ0) is 16.8. The highest BCUT2D eigenvalue weighted by molar-refractivity contribution is 8.00. The Hall–Kier alpha value is -1.82. The quantitative estimate of drug-likeness (QED) is 0.792. The van der Waals surface area contributed by atoms with Crippen molar-refractivity contribution in [2.45, 2.75) is 57.1 Å². The second-order valence-corrected chi connectivity index (χ2v) is 7.04. The highest BCUT2D eigenvalue weighted by Gasteiger charge is 2.20. The zero-order valence-electron chi connectivity index (χ0n) is 14.1. The van der Waals surface area contributed by atoms with E-state index in [4.69, 9.17) is 0 Å². The summed E-state index contributed by atoms with van der Waals surface area (Å²) in [6, 6.07) is 10.4. The average Bonchev–Trinajstić information content (AvgIpc) is 2.89. The highest BCUT2D eigenvalue weighted by atomic mass is 32.2. The van der Waals surface area contributed by atoms with E-state index in [0.29, 0.717) is 0 Å². The minimum absolute atomic E-state index is 0.0280. The molecule has 0 aliphatic carbocycles. The summed E-state index contributed by atoms with van der Waals surface area (Å²) in [6.07, 6.45) is 0.745. The van der Waals surface area contributed by atoms with Crippen LogP contribution < -0.4 is 5.32 Å². The Kier molecular flexibility index (Phi) is 6.21. The van der Waals surface area contributed by atoms with Crippen molar-refractivity contribution < 1.29 is 4.79 Å². The summed E-state index contributed by atoms with van der Waals surface area (Å²) < 4.78 is 2.08. The Labute approximate surface area is 141 Å². The van der Waals surface area contributed by atoms with E-state index in [1.807, 2.05) is 39.0 Å². The number of benzene rings is 1. The Balaban J connectivity index is 2.10. The molecule has 2 aromatic rings. The van der Waals surface area contributed by atoms with Gasteiger partial charge in [0, 0.05) is 19.0 Å². The third-order valence-electron chi connectivity index (χ3n) is 3.40. The number of hydrogen-bond donors (Lipinski definition) is 1. The Bertz CT molecular complexity index is 639. The van der Waals surface area contributed by atoms with Crippen molar-refractivity contribution in [1.29, 1.82) is 0 Å². The molecule has 2 rings (SSSR count). The van der Waals surface area contributed by atoms with Crippen molar-refractivity contribution in [3.63, 3.8) is 0 Å². The fraction of sp³-hybridized carbons (Fsp3) is 0.471. The van der Waals surface area contributed by atoms with E-state index < -0.39 is 0 Å².